The van der Waals surface area contributed by atoms with E-state index < -0.39 is 0 Å². The molecule has 0 heterocycles. The standard InChI is InChI=1S/C24H40O3/c1-5-6-7-8-17-15-18-19(23(2,16-17)13-12-22(26)27-4)11-14-24(3)20(18)9-10-21(24)25/h17-20H,5-16H2,1-4H3/t17-,18-,19+,20+,23+,24+/m1/s1. The van der Waals surface area contributed by atoms with E-state index in [0.717, 1.165) is 31.6 Å². The molecule has 0 N–H and O–H groups in total. The van der Waals surface area contributed by atoms with Crippen LogP contribution in [0.25, 0.3) is 0 Å². The Labute approximate surface area is 166 Å². The molecule has 0 aromatic carbocycles. The molecule has 3 saturated carbocycles. The van der Waals surface area contributed by atoms with Gasteiger partial charge in [0.05, 0.1) is 7.11 Å². The first kappa shape index (κ1) is 20.9. The van der Waals surface area contributed by atoms with E-state index in [2.05, 4.69) is 20.8 Å². The van der Waals surface area contributed by atoms with Crippen LogP contribution >= 0.6 is 0 Å². The number of fused-ring (bicyclic) bond motifs is 3. The highest BCUT2D eigenvalue weighted by Crippen LogP contribution is 2.63. The average Bonchev–Trinajstić information content (AvgIpc) is 2.95. The first-order valence-corrected chi connectivity index (χ1v) is 11.4. The second-order valence-corrected chi connectivity index (χ2v) is 10.3. The predicted octanol–water partition coefficient (Wildman–Crippen LogP) is 5.95. The lowest BCUT2D eigenvalue weighted by molar-refractivity contribution is -0.143. The van der Waals surface area contributed by atoms with Gasteiger partial charge in [0.2, 0.25) is 0 Å². The minimum Gasteiger partial charge on any atom is -0.469 e. The molecule has 0 saturated heterocycles. The van der Waals surface area contributed by atoms with Gasteiger partial charge in [0, 0.05) is 18.3 Å². The molecule has 0 spiro atoms. The van der Waals surface area contributed by atoms with Crippen LogP contribution in [-0.4, -0.2) is 18.9 Å². The predicted molar refractivity (Wildman–Crippen MR) is 108 cm³/mol. The Morgan fingerprint density at radius 2 is 1.96 bits per heavy atom. The number of methoxy groups -OCH3 is 1. The van der Waals surface area contributed by atoms with Crippen LogP contribution in [-0.2, 0) is 14.3 Å². The molecule has 3 heteroatoms. The number of hydrogen-bond acceptors (Lipinski definition) is 3. The zero-order valence-corrected chi connectivity index (χ0v) is 18.0. The number of Topliss-reactive ketones (excluding diaryl/α,β-unsaturated/α-hetero) is 1. The molecule has 0 aromatic heterocycles. The van der Waals surface area contributed by atoms with Crippen molar-refractivity contribution in [1.29, 1.82) is 0 Å². The van der Waals surface area contributed by atoms with E-state index >= 15 is 0 Å². The van der Waals surface area contributed by atoms with Gasteiger partial charge in [0.1, 0.15) is 5.78 Å². The van der Waals surface area contributed by atoms with Gasteiger partial charge >= 0.3 is 5.97 Å². The first-order chi connectivity index (χ1) is 12.8. The molecule has 3 aliphatic carbocycles. The summed E-state index contributed by atoms with van der Waals surface area (Å²) in [6, 6.07) is 0. The Kier molecular flexibility index (Phi) is 6.37. The number of unbranched alkanes of at least 4 members (excludes halogenated alkanes) is 2. The van der Waals surface area contributed by atoms with Crippen molar-refractivity contribution in [2.75, 3.05) is 7.11 Å². The number of ketones is 1. The summed E-state index contributed by atoms with van der Waals surface area (Å²) in [5.74, 6) is 3.15. The lowest BCUT2D eigenvalue weighted by Crippen LogP contribution is -2.50. The maximum Gasteiger partial charge on any atom is 0.305 e. The molecule has 0 bridgehead atoms. The van der Waals surface area contributed by atoms with Gasteiger partial charge in [-0.15, -0.1) is 0 Å². The first-order valence-electron chi connectivity index (χ1n) is 11.4. The molecule has 0 unspecified atom stereocenters. The summed E-state index contributed by atoms with van der Waals surface area (Å²) in [4.78, 5) is 24.5. The largest absolute Gasteiger partial charge is 0.469 e. The van der Waals surface area contributed by atoms with E-state index in [4.69, 9.17) is 4.74 Å². The van der Waals surface area contributed by atoms with E-state index in [0.29, 0.717) is 30.0 Å². The van der Waals surface area contributed by atoms with E-state index in [9.17, 15) is 9.59 Å². The third-order valence-electron chi connectivity index (χ3n) is 8.75. The number of carbonyl (C=O) groups excluding carboxylic acids is 2. The smallest absolute Gasteiger partial charge is 0.305 e. The van der Waals surface area contributed by atoms with Crippen molar-refractivity contribution in [3.63, 3.8) is 0 Å². The third kappa shape index (κ3) is 3.98. The molecule has 0 aromatic rings. The normalized spacial score (nSPS) is 41.1. The molecule has 0 radical (unpaired) electrons. The lowest BCUT2D eigenvalue weighted by Gasteiger charge is -2.57. The minimum atomic E-state index is -0.0717. The minimum absolute atomic E-state index is 0.0598. The second-order valence-electron chi connectivity index (χ2n) is 10.3. The van der Waals surface area contributed by atoms with Gasteiger partial charge < -0.3 is 4.74 Å². The molecular weight excluding hydrogens is 336 g/mol. The fourth-order valence-corrected chi connectivity index (χ4v) is 7.21. The van der Waals surface area contributed by atoms with Crippen LogP contribution in [0.5, 0.6) is 0 Å². The number of esters is 1. The van der Waals surface area contributed by atoms with Gasteiger partial charge in [0.15, 0.2) is 0 Å². The Morgan fingerprint density at radius 3 is 2.67 bits per heavy atom. The van der Waals surface area contributed by atoms with Gasteiger partial charge in [0.25, 0.3) is 0 Å². The highest BCUT2D eigenvalue weighted by molar-refractivity contribution is 5.87. The summed E-state index contributed by atoms with van der Waals surface area (Å²) in [5, 5.41) is 0. The van der Waals surface area contributed by atoms with Gasteiger partial charge in [-0.2, -0.15) is 0 Å². The summed E-state index contributed by atoms with van der Waals surface area (Å²) < 4.78 is 4.94. The summed E-state index contributed by atoms with van der Waals surface area (Å²) in [7, 11) is 1.50. The lowest BCUT2D eigenvalue weighted by atomic mass is 9.47. The van der Waals surface area contributed by atoms with Crippen LogP contribution in [0.2, 0.25) is 0 Å². The quantitative estimate of drug-likeness (QED) is 0.407. The Hall–Kier alpha value is -0.860. The van der Waals surface area contributed by atoms with Gasteiger partial charge in [-0.05, 0) is 67.6 Å². The molecule has 3 fully saturated rings. The summed E-state index contributed by atoms with van der Waals surface area (Å²) in [6.45, 7) is 6.98. The van der Waals surface area contributed by atoms with Crippen LogP contribution in [0.3, 0.4) is 0 Å². The van der Waals surface area contributed by atoms with Crippen molar-refractivity contribution in [2.45, 2.75) is 97.8 Å². The number of carbonyl (C=O) groups is 2. The van der Waals surface area contributed by atoms with E-state index in [1.54, 1.807) is 0 Å². The van der Waals surface area contributed by atoms with E-state index in [1.807, 2.05) is 0 Å². The SMILES string of the molecule is CCCCC[C@@H]1C[C@@H]2[C@H](CC[C@]3(C)C(=O)CC[C@@H]23)[C@@](C)(CCC(=O)OC)C1. The van der Waals surface area contributed by atoms with Crippen molar-refractivity contribution >= 4 is 11.8 Å². The zero-order valence-electron chi connectivity index (χ0n) is 18.0. The second kappa shape index (κ2) is 8.25. The van der Waals surface area contributed by atoms with Gasteiger partial charge in [-0.1, -0.05) is 46.5 Å². The molecule has 154 valence electrons. The molecule has 3 aliphatic rings. The van der Waals surface area contributed by atoms with Crippen LogP contribution < -0.4 is 0 Å². The van der Waals surface area contributed by atoms with Gasteiger partial charge in [-0.25, -0.2) is 0 Å². The monoisotopic (exact) mass is 376 g/mol. The number of rotatable bonds is 7. The van der Waals surface area contributed by atoms with Crippen LogP contribution in [0.15, 0.2) is 0 Å². The molecule has 3 nitrogen and oxygen atoms in total. The van der Waals surface area contributed by atoms with Crippen molar-refractivity contribution in [2.24, 2.45) is 34.5 Å². The molecule has 0 amide bonds. The van der Waals surface area contributed by atoms with Crippen molar-refractivity contribution < 1.29 is 14.3 Å². The molecule has 27 heavy (non-hydrogen) atoms. The Morgan fingerprint density at radius 1 is 1.19 bits per heavy atom. The number of hydrogen-bond donors (Lipinski definition) is 0. The highest BCUT2D eigenvalue weighted by Gasteiger charge is 2.58. The molecule has 3 rings (SSSR count). The zero-order chi connectivity index (χ0) is 19.7. The summed E-state index contributed by atoms with van der Waals surface area (Å²) in [5.41, 5.74) is 0.163. The third-order valence-corrected chi connectivity index (χ3v) is 8.75. The maximum atomic E-state index is 12.7. The van der Waals surface area contributed by atoms with Crippen LogP contribution in [0.1, 0.15) is 97.8 Å². The fourth-order valence-electron chi connectivity index (χ4n) is 7.21. The van der Waals surface area contributed by atoms with Crippen molar-refractivity contribution in [3.8, 4) is 0 Å². The molecular formula is C24H40O3. The highest BCUT2D eigenvalue weighted by atomic mass is 16.5. The Bertz CT molecular complexity index is 556. The van der Waals surface area contributed by atoms with E-state index in [1.165, 1.54) is 52.1 Å². The molecule has 0 aliphatic heterocycles. The van der Waals surface area contributed by atoms with E-state index in [-0.39, 0.29) is 16.8 Å². The average molecular weight is 377 g/mol. The van der Waals surface area contributed by atoms with Crippen molar-refractivity contribution in [3.05, 3.63) is 0 Å². The maximum absolute atomic E-state index is 12.7. The summed E-state index contributed by atoms with van der Waals surface area (Å²) >= 11 is 0. The Balaban J connectivity index is 1.80. The van der Waals surface area contributed by atoms with Crippen LogP contribution in [0.4, 0.5) is 0 Å². The summed E-state index contributed by atoms with van der Waals surface area (Å²) in [6.07, 6.45) is 13.4. The van der Waals surface area contributed by atoms with Crippen molar-refractivity contribution in [1.82, 2.24) is 0 Å². The fraction of sp³-hybridized carbons (Fsp3) is 0.917. The van der Waals surface area contributed by atoms with Crippen LogP contribution in [0, 0.1) is 34.5 Å². The number of ether oxygens (including phenoxy) is 1. The van der Waals surface area contributed by atoms with Gasteiger partial charge in [-0.3, -0.25) is 9.59 Å². The molecule has 6 atom stereocenters. The topological polar surface area (TPSA) is 43.4 Å².